The van der Waals surface area contributed by atoms with Crippen molar-refractivity contribution in [2.45, 2.75) is 19.9 Å². The van der Waals surface area contributed by atoms with Crippen LogP contribution in [0.15, 0.2) is 48.5 Å². The standard InChI is InChI=1S/C21H27NO3/c1-4-16(15-25-3)13-22(2)14-19-12-18(21(23)24)10-11-20(19)17-8-6-5-7-9-17/h5-12,16H,4,13-15H2,1-3H3,(H,23,24). The Bertz CT molecular complexity index is 685. The van der Waals surface area contributed by atoms with Gasteiger partial charge in [-0.3, -0.25) is 0 Å². The molecule has 1 N–H and O–H groups in total. The smallest absolute Gasteiger partial charge is 0.335 e. The number of aromatic carboxylic acids is 1. The van der Waals surface area contributed by atoms with Gasteiger partial charge in [-0.15, -0.1) is 0 Å². The second kappa shape index (κ2) is 9.35. The van der Waals surface area contributed by atoms with Crippen molar-refractivity contribution < 1.29 is 14.6 Å². The van der Waals surface area contributed by atoms with Crippen LogP contribution in [0.4, 0.5) is 0 Å². The average molecular weight is 341 g/mol. The molecule has 0 aromatic heterocycles. The molecule has 0 heterocycles. The molecule has 0 saturated carbocycles. The van der Waals surface area contributed by atoms with Crippen molar-refractivity contribution >= 4 is 5.97 Å². The van der Waals surface area contributed by atoms with Crippen LogP contribution in [0.3, 0.4) is 0 Å². The summed E-state index contributed by atoms with van der Waals surface area (Å²) in [6.07, 6.45) is 1.05. The lowest BCUT2D eigenvalue weighted by molar-refractivity contribution is 0.0696. The highest BCUT2D eigenvalue weighted by Gasteiger charge is 2.14. The number of carboxylic acids is 1. The van der Waals surface area contributed by atoms with Crippen molar-refractivity contribution in [1.82, 2.24) is 4.90 Å². The molecule has 0 amide bonds. The maximum absolute atomic E-state index is 11.4. The van der Waals surface area contributed by atoms with Gasteiger partial charge in [-0.25, -0.2) is 4.79 Å². The predicted octanol–water partition coefficient (Wildman–Crippen LogP) is 4.16. The lowest BCUT2D eigenvalue weighted by Crippen LogP contribution is -2.27. The van der Waals surface area contributed by atoms with E-state index in [4.69, 9.17) is 4.74 Å². The molecule has 2 aromatic rings. The van der Waals surface area contributed by atoms with Crippen LogP contribution in [0.25, 0.3) is 11.1 Å². The zero-order valence-electron chi connectivity index (χ0n) is 15.2. The summed E-state index contributed by atoms with van der Waals surface area (Å²) in [6.45, 7) is 4.51. The number of carboxylic acid groups (broad SMARTS) is 1. The van der Waals surface area contributed by atoms with Gasteiger partial charge in [0.05, 0.1) is 12.2 Å². The monoisotopic (exact) mass is 341 g/mol. The van der Waals surface area contributed by atoms with Gasteiger partial charge >= 0.3 is 5.97 Å². The molecule has 2 rings (SSSR count). The van der Waals surface area contributed by atoms with E-state index < -0.39 is 5.97 Å². The van der Waals surface area contributed by atoms with Crippen molar-refractivity contribution in [1.29, 1.82) is 0 Å². The van der Waals surface area contributed by atoms with Crippen LogP contribution in [0.1, 0.15) is 29.3 Å². The number of benzene rings is 2. The zero-order valence-corrected chi connectivity index (χ0v) is 15.2. The molecule has 0 aliphatic carbocycles. The number of methoxy groups -OCH3 is 1. The van der Waals surface area contributed by atoms with Crippen molar-refractivity contribution in [2.24, 2.45) is 5.92 Å². The van der Waals surface area contributed by atoms with Crippen LogP contribution in [-0.2, 0) is 11.3 Å². The molecule has 0 aliphatic rings. The van der Waals surface area contributed by atoms with E-state index in [0.717, 1.165) is 36.3 Å². The number of nitrogens with zero attached hydrogens (tertiary/aromatic N) is 1. The van der Waals surface area contributed by atoms with E-state index in [1.165, 1.54) is 0 Å². The Morgan fingerprint density at radius 2 is 1.92 bits per heavy atom. The maximum atomic E-state index is 11.4. The van der Waals surface area contributed by atoms with Gasteiger partial charge in [-0.05, 0) is 48.2 Å². The third-order valence-corrected chi connectivity index (χ3v) is 4.43. The first-order valence-corrected chi connectivity index (χ1v) is 8.64. The molecule has 0 fully saturated rings. The Kier molecular flexibility index (Phi) is 7.16. The fourth-order valence-corrected chi connectivity index (χ4v) is 3.09. The molecule has 25 heavy (non-hydrogen) atoms. The topological polar surface area (TPSA) is 49.8 Å². The van der Waals surface area contributed by atoms with Crippen molar-refractivity contribution in [3.05, 3.63) is 59.7 Å². The second-order valence-electron chi connectivity index (χ2n) is 6.47. The molecule has 4 heteroatoms. The van der Waals surface area contributed by atoms with Crippen molar-refractivity contribution in [2.75, 3.05) is 27.3 Å². The Labute approximate surface area is 150 Å². The average Bonchev–Trinajstić information content (AvgIpc) is 2.61. The van der Waals surface area contributed by atoms with E-state index in [0.29, 0.717) is 18.0 Å². The molecule has 1 atom stereocenters. The highest BCUT2D eigenvalue weighted by Crippen LogP contribution is 2.26. The van der Waals surface area contributed by atoms with Crippen LogP contribution in [0.2, 0.25) is 0 Å². The minimum Gasteiger partial charge on any atom is -0.478 e. The molecule has 4 nitrogen and oxygen atoms in total. The molecule has 0 saturated heterocycles. The Morgan fingerprint density at radius 3 is 2.52 bits per heavy atom. The Balaban J connectivity index is 2.27. The van der Waals surface area contributed by atoms with E-state index in [9.17, 15) is 9.90 Å². The molecular formula is C21H27NO3. The molecule has 134 valence electrons. The lowest BCUT2D eigenvalue weighted by atomic mass is 9.96. The highest BCUT2D eigenvalue weighted by molar-refractivity contribution is 5.89. The summed E-state index contributed by atoms with van der Waals surface area (Å²) in [7, 11) is 3.80. The fraction of sp³-hybridized carbons (Fsp3) is 0.381. The third kappa shape index (κ3) is 5.41. The first kappa shape index (κ1) is 19.2. The summed E-state index contributed by atoms with van der Waals surface area (Å²) in [5.41, 5.74) is 3.54. The first-order valence-electron chi connectivity index (χ1n) is 8.64. The van der Waals surface area contributed by atoms with Crippen LogP contribution in [0, 0.1) is 5.92 Å². The molecule has 2 aromatic carbocycles. The third-order valence-electron chi connectivity index (χ3n) is 4.43. The number of ether oxygens (including phenoxy) is 1. The number of carbonyl (C=O) groups is 1. The summed E-state index contributed by atoms with van der Waals surface area (Å²) in [5.74, 6) is -0.424. The van der Waals surface area contributed by atoms with Gasteiger partial charge in [-0.1, -0.05) is 43.3 Å². The molecule has 0 radical (unpaired) electrons. The minimum absolute atomic E-state index is 0.326. The van der Waals surface area contributed by atoms with E-state index >= 15 is 0 Å². The predicted molar refractivity (Wildman–Crippen MR) is 101 cm³/mol. The summed E-state index contributed by atoms with van der Waals surface area (Å²) in [6, 6.07) is 15.5. The number of rotatable bonds is 9. The van der Waals surface area contributed by atoms with Gasteiger partial charge in [0.25, 0.3) is 0 Å². The molecule has 0 spiro atoms. The summed E-state index contributed by atoms with van der Waals surface area (Å²) >= 11 is 0. The van der Waals surface area contributed by atoms with Crippen molar-refractivity contribution in [3.63, 3.8) is 0 Å². The van der Waals surface area contributed by atoms with Crippen LogP contribution in [0.5, 0.6) is 0 Å². The lowest BCUT2D eigenvalue weighted by Gasteiger charge is -2.24. The van der Waals surface area contributed by atoms with Gasteiger partial charge in [-0.2, -0.15) is 0 Å². The molecule has 0 aliphatic heterocycles. The number of hydrogen-bond acceptors (Lipinski definition) is 3. The molecule has 1 unspecified atom stereocenters. The molecule has 0 bridgehead atoms. The van der Waals surface area contributed by atoms with Crippen LogP contribution >= 0.6 is 0 Å². The van der Waals surface area contributed by atoms with E-state index in [1.54, 1.807) is 19.2 Å². The van der Waals surface area contributed by atoms with Gasteiger partial charge in [0.2, 0.25) is 0 Å². The Morgan fingerprint density at radius 1 is 1.20 bits per heavy atom. The minimum atomic E-state index is -0.894. The summed E-state index contributed by atoms with van der Waals surface area (Å²) in [4.78, 5) is 13.6. The van der Waals surface area contributed by atoms with Crippen molar-refractivity contribution in [3.8, 4) is 11.1 Å². The van der Waals surface area contributed by atoms with Gasteiger partial charge in [0.15, 0.2) is 0 Å². The second-order valence-corrected chi connectivity index (χ2v) is 6.47. The van der Waals surface area contributed by atoms with Gasteiger partial charge in [0.1, 0.15) is 0 Å². The summed E-state index contributed by atoms with van der Waals surface area (Å²) < 4.78 is 5.29. The van der Waals surface area contributed by atoms with Crippen LogP contribution < -0.4 is 0 Å². The van der Waals surface area contributed by atoms with E-state index in [1.807, 2.05) is 24.3 Å². The highest BCUT2D eigenvalue weighted by atomic mass is 16.5. The van der Waals surface area contributed by atoms with Gasteiger partial charge in [0, 0.05) is 20.2 Å². The first-order chi connectivity index (χ1) is 12.0. The SMILES string of the molecule is CCC(COC)CN(C)Cc1cc(C(=O)O)ccc1-c1ccccc1. The van der Waals surface area contributed by atoms with E-state index in [-0.39, 0.29) is 0 Å². The zero-order chi connectivity index (χ0) is 18.2. The van der Waals surface area contributed by atoms with E-state index in [2.05, 4.69) is 31.0 Å². The Hall–Kier alpha value is -2.17. The summed E-state index contributed by atoms with van der Waals surface area (Å²) in [5, 5.41) is 9.33. The normalized spacial score (nSPS) is 12.3. The maximum Gasteiger partial charge on any atom is 0.335 e. The van der Waals surface area contributed by atoms with Crippen LogP contribution in [-0.4, -0.2) is 43.3 Å². The van der Waals surface area contributed by atoms with Gasteiger partial charge < -0.3 is 14.7 Å². The fourth-order valence-electron chi connectivity index (χ4n) is 3.09. The largest absolute Gasteiger partial charge is 0.478 e. The molecular weight excluding hydrogens is 314 g/mol. The quantitative estimate of drug-likeness (QED) is 0.744. The number of hydrogen-bond donors (Lipinski definition) is 1.